The predicted molar refractivity (Wildman–Crippen MR) is 107 cm³/mol. The number of carbonyl (C=O) groups is 3. The average molecular weight is 395 g/mol. The van der Waals surface area contributed by atoms with Crippen molar-refractivity contribution in [2.75, 3.05) is 11.9 Å². The molecule has 7 nitrogen and oxygen atoms in total. The van der Waals surface area contributed by atoms with E-state index in [-0.39, 0.29) is 30.5 Å². The maximum absolute atomic E-state index is 12.2. The fraction of sp³-hybridized carbons (Fsp3) is 0.227. The molecule has 0 aliphatic carbocycles. The molecule has 0 bridgehead atoms. The molecule has 0 saturated heterocycles. The lowest BCUT2D eigenvalue weighted by Gasteiger charge is -2.06. The summed E-state index contributed by atoms with van der Waals surface area (Å²) in [5.41, 5.74) is 2.07. The van der Waals surface area contributed by atoms with Gasteiger partial charge >= 0.3 is 5.97 Å². The molecule has 0 aliphatic rings. The molecule has 0 unspecified atom stereocenters. The largest absolute Gasteiger partial charge is 0.508 e. The zero-order chi connectivity index (χ0) is 20.8. The Kier molecular flexibility index (Phi) is 6.29. The van der Waals surface area contributed by atoms with Crippen molar-refractivity contribution in [3.63, 3.8) is 0 Å². The number of esters is 1. The predicted octanol–water partition coefficient (Wildman–Crippen LogP) is 3.85. The van der Waals surface area contributed by atoms with Crippen LogP contribution < -0.4 is 5.32 Å². The number of furan rings is 1. The Hall–Kier alpha value is -3.61. The lowest BCUT2D eigenvalue weighted by Crippen LogP contribution is -2.16. The third-order valence-electron chi connectivity index (χ3n) is 4.31. The summed E-state index contributed by atoms with van der Waals surface area (Å²) in [6, 6.07) is 11.0. The first-order valence-corrected chi connectivity index (χ1v) is 9.24. The van der Waals surface area contributed by atoms with E-state index >= 15 is 0 Å². The molecule has 7 heteroatoms. The fourth-order valence-electron chi connectivity index (χ4n) is 2.83. The van der Waals surface area contributed by atoms with E-state index in [4.69, 9.17) is 9.15 Å². The van der Waals surface area contributed by atoms with Crippen molar-refractivity contribution >= 4 is 34.3 Å². The highest BCUT2D eigenvalue weighted by atomic mass is 16.5. The maximum atomic E-state index is 12.2. The van der Waals surface area contributed by atoms with Crippen molar-refractivity contribution in [2.45, 2.75) is 26.2 Å². The number of aromatic hydroxyl groups is 1. The molecule has 1 amide bonds. The van der Waals surface area contributed by atoms with Crippen LogP contribution in [0.2, 0.25) is 0 Å². The number of hydrogen-bond acceptors (Lipinski definition) is 6. The first-order valence-electron chi connectivity index (χ1n) is 9.24. The summed E-state index contributed by atoms with van der Waals surface area (Å²) in [5, 5.41) is 12.9. The zero-order valence-electron chi connectivity index (χ0n) is 15.9. The molecule has 0 radical (unpaired) electrons. The van der Waals surface area contributed by atoms with Crippen LogP contribution in [0.25, 0.3) is 11.0 Å². The Balaban J connectivity index is 1.53. The zero-order valence-corrected chi connectivity index (χ0v) is 15.9. The molecule has 2 aromatic carbocycles. The summed E-state index contributed by atoms with van der Waals surface area (Å²) in [5.74, 6) is -0.908. The lowest BCUT2D eigenvalue weighted by molar-refractivity contribution is -0.141. The number of benzene rings is 2. The SMILES string of the molecule is CCCC(=O)Nc1ccc(C(=O)COC(=O)Cc2coc3cc(O)ccc23)cc1. The number of ether oxygens (including phenoxy) is 1. The van der Waals surface area contributed by atoms with E-state index in [1.54, 1.807) is 30.3 Å². The average Bonchev–Trinajstić information content (AvgIpc) is 3.08. The number of phenolic OH excluding ortho intramolecular Hbond substituents is 1. The van der Waals surface area contributed by atoms with Crippen molar-refractivity contribution in [1.29, 1.82) is 0 Å². The van der Waals surface area contributed by atoms with Crippen LogP contribution in [0.5, 0.6) is 5.75 Å². The van der Waals surface area contributed by atoms with Crippen LogP contribution in [0.4, 0.5) is 5.69 Å². The first-order chi connectivity index (χ1) is 14.0. The number of anilines is 1. The van der Waals surface area contributed by atoms with Crippen molar-refractivity contribution in [1.82, 2.24) is 0 Å². The van der Waals surface area contributed by atoms with Gasteiger partial charge in [-0.3, -0.25) is 14.4 Å². The van der Waals surface area contributed by atoms with Crippen molar-refractivity contribution < 1.29 is 28.6 Å². The van der Waals surface area contributed by atoms with E-state index in [1.807, 2.05) is 6.92 Å². The molecule has 1 heterocycles. The van der Waals surface area contributed by atoms with Crippen LogP contribution in [0.3, 0.4) is 0 Å². The summed E-state index contributed by atoms with van der Waals surface area (Å²) < 4.78 is 10.4. The Morgan fingerprint density at radius 1 is 1.10 bits per heavy atom. The van der Waals surface area contributed by atoms with Crippen molar-refractivity contribution in [2.24, 2.45) is 0 Å². The molecular weight excluding hydrogens is 374 g/mol. The summed E-state index contributed by atoms with van der Waals surface area (Å²) in [7, 11) is 0. The van der Waals surface area contributed by atoms with Gasteiger partial charge in [-0.2, -0.15) is 0 Å². The second-order valence-electron chi connectivity index (χ2n) is 6.58. The number of ketones is 1. The minimum atomic E-state index is -0.558. The molecule has 150 valence electrons. The highest BCUT2D eigenvalue weighted by Crippen LogP contribution is 2.25. The van der Waals surface area contributed by atoms with E-state index in [2.05, 4.69) is 5.32 Å². The molecule has 29 heavy (non-hydrogen) atoms. The van der Waals surface area contributed by atoms with Gasteiger partial charge in [0.1, 0.15) is 11.3 Å². The van der Waals surface area contributed by atoms with Crippen LogP contribution in [-0.2, 0) is 20.7 Å². The number of nitrogens with one attached hydrogen (secondary N) is 1. The molecule has 1 aromatic heterocycles. The number of rotatable bonds is 8. The van der Waals surface area contributed by atoms with Gasteiger partial charge in [0.15, 0.2) is 12.4 Å². The number of carbonyl (C=O) groups excluding carboxylic acids is 3. The summed E-state index contributed by atoms with van der Waals surface area (Å²) >= 11 is 0. The standard InChI is InChI=1S/C22H21NO6/c1-2-3-21(26)23-16-6-4-14(5-7-16)19(25)13-29-22(27)10-15-12-28-20-11-17(24)8-9-18(15)20/h4-9,11-12,24H,2-3,10,13H2,1H3,(H,23,26). The number of fused-ring (bicyclic) bond motifs is 1. The minimum Gasteiger partial charge on any atom is -0.508 e. The molecule has 3 rings (SSSR count). The monoisotopic (exact) mass is 395 g/mol. The highest BCUT2D eigenvalue weighted by Gasteiger charge is 2.14. The Morgan fingerprint density at radius 2 is 1.86 bits per heavy atom. The van der Waals surface area contributed by atoms with Gasteiger partial charge in [-0.15, -0.1) is 0 Å². The summed E-state index contributed by atoms with van der Waals surface area (Å²) in [4.78, 5) is 35.9. The molecule has 0 fully saturated rings. The van der Waals surface area contributed by atoms with Crippen LogP contribution >= 0.6 is 0 Å². The second-order valence-corrected chi connectivity index (χ2v) is 6.58. The fourth-order valence-corrected chi connectivity index (χ4v) is 2.83. The molecule has 2 N–H and O–H groups in total. The molecule has 3 aromatic rings. The third kappa shape index (κ3) is 5.22. The van der Waals surface area contributed by atoms with E-state index < -0.39 is 5.97 Å². The lowest BCUT2D eigenvalue weighted by atomic mass is 10.1. The molecule has 0 spiro atoms. The molecule has 0 atom stereocenters. The molecule has 0 aliphatic heterocycles. The topological polar surface area (TPSA) is 106 Å². The van der Waals surface area contributed by atoms with Crippen LogP contribution in [0, 0.1) is 0 Å². The number of Topliss-reactive ketones (excluding diaryl/α,β-unsaturated/α-hetero) is 1. The number of phenols is 1. The first kappa shape index (κ1) is 20.1. The van der Waals surface area contributed by atoms with Crippen molar-refractivity contribution in [3.05, 3.63) is 59.9 Å². The van der Waals surface area contributed by atoms with Crippen LogP contribution in [-0.4, -0.2) is 29.4 Å². The van der Waals surface area contributed by atoms with E-state index in [9.17, 15) is 19.5 Å². The van der Waals surface area contributed by atoms with Gasteiger partial charge < -0.3 is 19.6 Å². The van der Waals surface area contributed by atoms with E-state index in [0.717, 1.165) is 6.42 Å². The van der Waals surface area contributed by atoms with Crippen molar-refractivity contribution in [3.8, 4) is 5.75 Å². The minimum absolute atomic E-state index is 0.0482. The maximum Gasteiger partial charge on any atom is 0.310 e. The number of amides is 1. The Labute approximate surface area is 167 Å². The summed E-state index contributed by atoms with van der Waals surface area (Å²) in [6.07, 6.45) is 2.57. The summed E-state index contributed by atoms with van der Waals surface area (Å²) in [6.45, 7) is 1.54. The van der Waals surface area contributed by atoms with Gasteiger partial charge in [-0.1, -0.05) is 6.92 Å². The Bertz CT molecular complexity index is 1040. The van der Waals surface area contributed by atoms with Gasteiger partial charge in [0, 0.05) is 34.7 Å². The quantitative estimate of drug-likeness (QED) is 0.443. The van der Waals surface area contributed by atoms with Crippen LogP contribution in [0.1, 0.15) is 35.7 Å². The van der Waals surface area contributed by atoms with Crippen LogP contribution in [0.15, 0.2) is 53.1 Å². The smallest absolute Gasteiger partial charge is 0.310 e. The van der Waals surface area contributed by atoms with Gasteiger partial charge in [0.05, 0.1) is 12.7 Å². The third-order valence-corrected chi connectivity index (χ3v) is 4.31. The Morgan fingerprint density at radius 3 is 2.59 bits per heavy atom. The number of hydrogen-bond donors (Lipinski definition) is 2. The van der Waals surface area contributed by atoms with E-state index in [1.165, 1.54) is 18.4 Å². The van der Waals surface area contributed by atoms with Gasteiger partial charge in [0.25, 0.3) is 0 Å². The van der Waals surface area contributed by atoms with Gasteiger partial charge in [0.2, 0.25) is 5.91 Å². The normalized spacial score (nSPS) is 10.7. The van der Waals surface area contributed by atoms with Gasteiger partial charge in [-0.25, -0.2) is 0 Å². The molecular formula is C22H21NO6. The second kappa shape index (κ2) is 9.05. The highest BCUT2D eigenvalue weighted by molar-refractivity contribution is 5.99. The molecule has 0 saturated carbocycles. The van der Waals surface area contributed by atoms with Gasteiger partial charge in [-0.05, 0) is 42.8 Å². The van der Waals surface area contributed by atoms with E-state index in [0.29, 0.717) is 34.2 Å².